The molecule has 4 rings (SSSR count). The third-order valence-corrected chi connectivity index (χ3v) is 7.73. The molecule has 202 valence electrons. The lowest BCUT2D eigenvalue weighted by atomic mass is 9.94. The fourth-order valence-corrected chi connectivity index (χ4v) is 5.40. The summed E-state index contributed by atoms with van der Waals surface area (Å²) in [4.78, 5) is 30.8. The first-order valence-corrected chi connectivity index (χ1v) is 14.1. The lowest BCUT2D eigenvalue weighted by molar-refractivity contribution is -0.135. The second kappa shape index (κ2) is 13.6. The number of amides is 2. The Labute approximate surface area is 230 Å². The number of benzene rings is 2. The maximum atomic E-state index is 13.9. The molecule has 5 nitrogen and oxygen atoms in total. The average molecular weight is 538 g/mol. The van der Waals surface area contributed by atoms with E-state index in [0.29, 0.717) is 19.6 Å². The summed E-state index contributed by atoms with van der Waals surface area (Å²) in [6.07, 6.45) is 8.98. The molecule has 0 unspecified atom stereocenters. The molecule has 0 spiro atoms. The maximum Gasteiger partial charge on any atom is 0.254 e. The van der Waals surface area contributed by atoms with Crippen LogP contribution in [0.3, 0.4) is 0 Å². The summed E-state index contributed by atoms with van der Waals surface area (Å²) in [6.45, 7) is 3.58. The SMILES string of the molecule is CCCCN(CC(=O)N(Cc1cccn1Cc1ccccc1Cl)C1CCCCC1)C(=O)c1cccc(F)c1. The normalized spacial score (nSPS) is 13.9. The fourth-order valence-electron chi connectivity index (χ4n) is 5.21. The van der Waals surface area contributed by atoms with Gasteiger partial charge < -0.3 is 14.4 Å². The van der Waals surface area contributed by atoms with Crippen molar-refractivity contribution in [3.05, 3.63) is 94.5 Å². The van der Waals surface area contributed by atoms with Crippen LogP contribution in [0, 0.1) is 5.82 Å². The van der Waals surface area contributed by atoms with Crippen LogP contribution >= 0.6 is 11.6 Å². The molecule has 2 aromatic carbocycles. The molecule has 0 bridgehead atoms. The number of unbranched alkanes of at least 4 members (excludes halogenated alkanes) is 1. The summed E-state index contributed by atoms with van der Waals surface area (Å²) < 4.78 is 16.0. The van der Waals surface area contributed by atoms with Gasteiger partial charge in [-0.3, -0.25) is 9.59 Å². The first-order valence-electron chi connectivity index (χ1n) is 13.7. The molecule has 1 aliphatic rings. The second-order valence-electron chi connectivity index (χ2n) is 10.1. The zero-order valence-electron chi connectivity index (χ0n) is 22.1. The lowest BCUT2D eigenvalue weighted by Crippen LogP contribution is -2.47. The van der Waals surface area contributed by atoms with Gasteiger partial charge in [0.1, 0.15) is 12.4 Å². The van der Waals surface area contributed by atoms with E-state index in [-0.39, 0.29) is 30.0 Å². The van der Waals surface area contributed by atoms with E-state index in [1.165, 1.54) is 24.6 Å². The van der Waals surface area contributed by atoms with Gasteiger partial charge in [0.2, 0.25) is 5.91 Å². The minimum Gasteiger partial charge on any atom is -0.345 e. The quantitative estimate of drug-likeness (QED) is 0.266. The minimum atomic E-state index is -0.458. The first-order chi connectivity index (χ1) is 18.5. The Hall–Kier alpha value is -3.12. The number of carbonyl (C=O) groups excluding carboxylic acids is 2. The Bertz CT molecular complexity index is 1220. The van der Waals surface area contributed by atoms with E-state index in [1.807, 2.05) is 54.4 Å². The average Bonchev–Trinajstić information content (AvgIpc) is 3.37. The van der Waals surface area contributed by atoms with Gasteiger partial charge in [-0.15, -0.1) is 0 Å². The third kappa shape index (κ3) is 7.25. The van der Waals surface area contributed by atoms with E-state index in [4.69, 9.17) is 11.6 Å². The van der Waals surface area contributed by atoms with Gasteiger partial charge in [0, 0.05) is 41.6 Å². The Morgan fingerprint density at radius 2 is 1.82 bits per heavy atom. The summed E-state index contributed by atoms with van der Waals surface area (Å²) >= 11 is 6.42. The van der Waals surface area contributed by atoms with Gasteiger partial charge in [-0.05, 0) is 61.2 Å². The van der Waals surface area contributed by atoms with Gasteiger partial charge in [-0.2, -0.15) is 0 Å². The Balaban J connectivity index is 1.55. The highest BCUT2D eigenvalue weighted by molar-refractivity contribution is 6.31. The van der Waals surface area contributed by atoms with Crippen molar-refractivity contribution in [1.82, 2.24) is 14.4 Å². The van der Waals surface area contributed by atoms with Gasteiger partial charge in [0.25, 0.3) is 5.91 Å². The summed E-state index contributed by atoms with van der Waals surface area (Å²) in [7, 11) is 0. The standard InChI is InChI=1S/C31H37ClFN3O2/c1-2-3-18-35(31(38)24-12-9-13-26(33)20-24)23-30(37)36(27-14-5-4-6-15-27)22-28-16-10-19-34(28)21-25-11-7-8-17-29(25)32/h7-13,16-17,19-20,27H,2-6,14-15,18,21-23H2,1H3. The van der Waals surface area contributed by atoms with Crippen molar-refractivity contribution in [2.75, 3.05) is 13.1 Å². The van der Waals surface area contributed by atoms with Crippen LogP contribution in [-0.2, 0) is 17.9 Å². The van der Waals surface area contributed by atoms with Crippen molar-refractivity contribution in [3.8, 4) is 0 Å². The second-order valence-corrected chi connectivity index (χ2v) is 10.5. The molecule has 1 aromatic heterocycles. The van der Waals surface area contributed by atoms with Crippen LogP contribution in [-0.4, -0.2) is 45.3 Å². The molecule has 0 aliphatic heterocycles. The van der Waals surface area contributed by atoms with E-state index in [1.54, 1.807) is 11.0 Å². The first kappa shape index (κ1) is 27.9. The molecule has 7 heteroatoms. The van der Waals surface area contributed by atoms with Crippen LogP contribution in [0.5, 0.6) is 0 Å². The molecule has 1 fully saturated rings. The number of hydrogen-bond acceptors (Lipinski definition) is 2. The van der Waals surface area contributed by atoms with Crippen molar-refractivity contribution < 1.29 is 14.0 Å². The number of halogens is 2. The van der Waals surface area contributed by atoms with Crippen LogP contribution in [0.2, 0.25) is 5.02 Å². The molecular weight excluding hydrogens is 501 g/mol. The molecule has 1 heterocycles. The lowest BCUT2D eigenvalue weighted by Gasteiger charge is -2.36. The molecular formula is C31H37ClFN3O2. The maximum absolute atomic E-state index is 13.9. The Morgan fingerprint density at radius 3 is 2.55 bits per heavy atom. The molecule has 1 saturated carbocycles. The molecule has 0 radical (unpaired) electrons. The number of hydrogen-bond donors (Lipinski definition) is 0. The van der Waals surface area contributed by atoms with E-state index in [2.05, 4.69) is 4.57 Å². The molecule has 0 saturated heterocycles. The molecule has 0 N–H and O–H groups in total. The van der Waals surface area contributed by atoms with Gasteiger partial charge in [-0.1, -0.05) is 68.5 Å². The highest BCUT2D eigenvalue weighted by Gasteiger charge is 2.29. The van der Waals surface area contributed by atoms with Gasteiger partial charge >= 0.3 is 0 Å². The molecule has 38 heavy (non-hydrogen) atoms. The molecule has 3 aromatic rings. The number of rotatable bonds is 11. The molecule has 0 atom stereocenters. The van der Waals surface area contributed by atoms with Crippen molar-refractivity contribution in [3.63, 3.8) is 0 Å². The summed E-state index contributed by atoms with van der Waals surface area (Å²) in [5.74, 6) is -0.832. The van der Waals surface area contributed by atoms with Gasteiger partial charge in [0.05, 0.1) is 6.54 Å². The van der Waals surface area contributed by atoms with Crippen LogP contribution in [0.4, 0.5) is 4.39 Å². The van der Waals surface area contributed by atoms with Crippen molar-refractivity contribution >= 4 is 23.4 Å². The monoisotopic (exact) mass is 537 g/mol. The summed E-state index contributed by atoms with van der Waals surface area (Å²) in [5.41, 5.74) is 2.32. The zero-order valence-corrected chi connectivity index (χ0v) is 22.9. The number of carbonyl (C=O) groups is 2. The smallest absolute Gasteiger partial charge is 0.254 e. The van der Waals surface area contributed by atoms with Crippen molar-refractivity contribution in [2.45, 2.75) is 71.0 Å². The highest BCUT2D eigenvalue weighted by Crippen LogP contribution is 2.26. The molecule has 2 amide bonds. The summed E-state index contributed by atoms with van der Waals surface area (Å²) in [5, 5.41) is 0.717. The largest absolute Gasteiger partial charge is 0.345 e. The predicted octanol–water partition coefficient (Wildman–Crippen LogP) is 6.93. The van der Waals surface area contributed by atoms with E-state index in [9.17, 15) is 14.0 Å². The zero-order chi connectivity index (χ0) is 26.9. The van der Waals surface area contributed by atoms with Crippen LogP contribution < -0.4 is 0 Å². The van der Waals surface area contributed by atoms with E-state index < -0.39 is 5.82 Å². The predicted molar refractivity (Wildman–Crippen MR) is 150 cm³/mol. The Morgan fingerprint density at radius 1 is 1.03 bits per heavy atom. The fraction of sp³-hybridized carbons (Fsp3) is 0.419. The van der Waals surface area contributed by atoms with Crippen LogP contribution in [0.25, 0.3) is 0 Å². The number of aromatic nitrogens is 1. The van der Waals surface area contributed by atoms with Crippen molar-refractivity contribution in [2.24, 2.45) is 0 Å². The Kier molecular flexibility index (Phi) is 9.99. The summed E-state index contributed by atoms with van der Waals surface area (Å²) in [6, 6.07) is 17.7. The van der Waals surface area contributed by atoms with Crippen LogP contribution in [0.15, 0.2) is 66.9 Å². The topological polar surface area (TPSA) is 45.6 Å². The highest BCUT2D eigenvalue weighted by atomic mass is 35.5. The third-order valence-electron chi connectivity index (χ3n) is 7.36. The van der Waals surface area contributed by atoms with Crippen LogP contribution in [0.1, 0.15) is 73.5 Å². The minimum absolute atomic E-state index is 0.0168. The molecule has 1 aliphatic carbocycles. The van der Waals surface area contributed by atoms with Crippen molar-refractivity contribution in [1.29, 1.82) is 0 Å². The van der Waals surface area contributed by atoms with Gasteiger partial charge in [0.15, 0.2) is 0 Å². The van der Waals surface area contributed by atoms with E-state index in [0.717, 1.165) is 54.8 Å². The number of nitrogens with zero attached hydrogens (tertiary/aromatic N) is 3. The van der Waals surface area contributed by atoms with E-state index >= 15 is 0 Å². The van der Waals surface area contributed by atoms with Gasteiger partial charge in [-0.25, -0.2) is 4.39 Å².